The molecule has 204 valence electrons. The number of amides is 1. The van der Waals surface area contributed by atoms with Crippen molar-refractivity contribution in [3.63, 3.8) is 0 Å². The van der Waals surface area contributed by atoms with Gasteiger partial charge in [0.1, 0.15) is 17.3 Å². The predicted molar refractivity (Wildman–Crippen MR) is 160 cm³/mol. The number of anilines is 1. The van der Waals surface area contributed by atoms with Crippen LogP contribution in [-0.2, 0) is 11.2 Å². The molecule has 4 aromatic heterocycles. The zero-order valence-corrected chi connectivity index (χ0v) is 22.1. The number of hydrogen-bond acceptors (Lipinski definition) is 5. The van der Waals surface area contributed by atoms with E-state index in [1.165, 1.54) is 12.1 Å². The summed E-state index contributed by atoms with van der Waals surface area (Å²) in [4.78, 5) is 24.9. The number of phenols is 1. The molecule has 42 heavy (non-hydrogen) atoms. The number of pyridine rings is 2. The summed E-state index contributed by atoms with van der Waals surface area (Å²) in [5, 5.41) is 22.1. The van der Waals surface area contributed by atoms with Crippen LogP contribution in [0.1, 0.15) is 5.56 Å². The van der Waals surface area contributed by atoms with Crippen molar-refractivity contribution in [1.29, 1.82) is 0 Å². The number of carbonyl (C=O) groups excluding carboxylic acids is 1. The fourth-order valence-corrected chi connectivity index (χ4v) is 5.18. The third-order valence-electron chi connectivity index (χ3n) is 7.09. The number of phenolic OH excluding ortho intramolecular Hbond substituents is 1. The Labute approximate surface area is 238 Å². The molecule has 9 heteroatoms. The number of carbonyl (C=O) groups is 1. The molecular formula is C33H23FN6O2. The van der Waals surface area contributed by atoms with E-state index in [9.17, 15) is 14.3 Å². The van der Waals surface area contributed by atoms with E-state index in [-0.39, 0.29) is 18.1 Å². The van der Waals surface area contributed by atoms with Crippen LogP contribution in [0.25, 0.3) is 55.6 Å². The molecule has 0 saturated carbocycles. The van der Waals surface area contributed by atoms with E-state index in [0.717, 1.165) is 50.3 Å². The van der Waals surface area contributed by atoms with Crippen molar-refractivity contribution in [2.75, 3.05) is 5.32 Å². The molecule has 1 amide bonds. The molecule has 3 aromatic carbocycles. The highest BCUT2D eigenvalue weighted by molar-refractivity contribution is 6.01. The summed E-state index contributed by atoms with van der Waals surface area (Å²) in [6.45, 7) is 0. The van der Waals surface area contributed by atoms with Gasteiger partial charge < -0.3 is 15.4 Å². The van der Waals surface area contributed by atoms with E-state index in [0.29, 0.717) is 22.6 Å². The fraction of sp³-hybridized carbons (Fsp3) is 0.0303. The number of halogens is 1. The largest absolute Gasteiger partial charge is 0.508 e. The number of nitrogens with zero attached hydrogens (tertiary/aromatic N) is 3. The average molecular weight is 555 g/mol. The number of benzene rings is 3. The summed E-state index contributed by atoms with van der Waals surface area (Å²) in [7, 11) is 0. The summed E-state index contributed by atoms with van der Waals surface area (Å²) in [6.07, 6.45) is 5.33. The lowest BCUT2D eigenvalue weighted by Gasteiger charge is -2.07. The number of rotatable bonds is 6. The van der Waals surface area contributed by atoms with Gasteiger partial charge in [0, 0.05) is 45.9 Å². The monoisotopic (exact) mass is 554 g/mol. The third kappa shape index (κ3) is 4.84. The van der Waals surface area contributed by atoms with Crippen molar-refractivity contribution in [2.45, 2.75) is 6.42 Å². The maximum Gasteiger partial charge on any atom is 0.228 e. The maximum atomic E-state index is 14.1. The zero-order valence-electron chi connectivity index (χ0n) is 22.1. The smallest absolute Gasteiger partial charge is 0.228 e. The Morgan fingerprint density at radius 1 is 0.857 bits per heavy atom. The lowest BCUT2D eigenvalue weighted by atomic mass is 10.0. The van der Waals surface area contributed by atoms with Crippen LogP contribution in [0.2, 0.25) is 0 Å². The van der Waals surface area contributed by atoms with Gasteiger partial charge in [0.2, 0.25) is 5.91 Å². The van der Waals surface area contributed by atoms with Gasteiger partial charge in [-0.2, -0.15) is 5.10 Å². The summed E-state index contributed by atoms with van der Waals surface area (Å²) >= 11 is 0. The SMILES string of the molecule is O=C(Cc1ccccc1)Nc1cncc(-c2cnc3[nH]nc(-c4cc5c(-c6cc(O)cc(F)c6)cccc5[nH]4)c3c2)c1. The van der Waals surface area contributed by atoms with Crippen molar-refractivity contribution >= 4 is 33.5 Å². The van der Waals surface area contributed by atoms with Gasteiger partial charge in [0.05, 0.1) is 24.0 Å². The van der Waals surface area contributed by atoms with Crippen LogP contribution < -0.4 is 5.32 Å². The number of fused-ring (bicyclic) bond motifs is 2. The highest BCUT2D eigenvalue weighted by Crippen LogP contribution is 2.36. The van der Waals surface area contributed by atoms with E-state index >= 15 is 0 Å². The van der Waals surface area contributed by atoms with Crippen LogP contribution in [0, 0.1) is 5.82 Å². The molecule has 0 aliphatic rings. The Kier molecular flexibility index (Phi) is 6.16. The quantitative estimate of drug-likeness (QED) is 0.179. The molecule has 0 fully saturated rings. The standard InChI is InChI=1S/C33H23FN6O2/c34-23-10-20(12-25(41)14-23)26-7-4-8-29-27(26)15-30(38-29)32-28-13-22(17-36-33(28)40-39-32)21-11-24(18-35-16-21)37-31(42)9-19-5-2-1-3-6-19/h1-8,10-18,38,41H,9H2,(H,37,42)(H,36,39,40). The second-order valence-corrected chi connectivity index (χ2v) is 10.0. The van der Waals surface area contributed by atoms with Gasteiger partial charge in [-0.05, 0) is 53.1 Å². The van der Waals surface area contributed by atoms with E-state index < -0.39 is 5.82 Å². The van der Waals surface area contributed by atoms with Crippen LogP contribution in [0.3, 0.4) is 0 Å². The number of H-pyrrole nitrogens is 2. The predicted octanol–water partition coefficient (Wildman–Crippen LogP) is 6.86. The number of nitrogens with one attached hydrogen (secondary N) is 3. The highest BCUT2D eigenvalue weighted by Gasteiger charge is 2.16. The van der Waals surface area contributed by atoms with Crippen LogP contribution in [0.5, 0.6) is 5.75 Å². The van der Waals surface area contributed by atoms with Gasteiger partial charge in [-0.15, -0.1) is 0 Å². The van der Waals surface area contributed by atoms with Crippen molar-refractivity contribution in [3.8, 4) is 39.4 Å². The summed E-state index contributed by atoms with van der Waals surface area (Å²) < 4.78 is 14.1. The van der Waals surface area contributed by atoms with Crippen LogP contribution in [-0.4, -0.2) is 36.2 Å². The number of hydrogen-bond donors (Lipinski definition) is 4. The second kappa shape index (κ2) is 10.3. The first-order chi connectivity index (χ1) is 20.5. The minimum absolute atomic E-state index is 0.127. The first-order valence-electron chi connectivity index (χ1n) is 13.3. The Morgan fingerprint density at radius 2 is 1.71 bits per heavy atom. The lowest BCUT2D eigenvalue weighted by molar-refractivity contribution is -0.115. The van der Waals surface area contributed by atoms with Gasteiger partial charge >= 0.3 is 0 Å². The zero-order chi connectivity index (χ0) is 28.6. The Morgan fingerprint density at radius 3 is 2.57 bits per heavy atom. The van der Waals surface area contributed by atoms with Crippen LogP contribution in [0.15, 0.2) is 104 Å². The van der Waals surface area contributed by atoms with E-state index in [1.54, 1.807) is 18.6 Å². The van der Waals surface area contributed by atoms with Crippen molar-refractivity contribution < 1.29 is 14.3 Å². The van der Waals surface area contributed by atoms with Gasteiger partial charge in [0.15, 0.2) is 5.65 Å². The van der Waals surface area contributed by atoms with Gasteiger partial charge in [0.25, 0.3) is 0 Å². The van der Waals surface area contributed by atoms with E-state index in [4.69, 9.17) is 0 Å². The summed E-state index contributed by atoms with van der Waals surface area (Å²) in [5.41, 5.74) is 7.35. The first kappa shape index (κ1) is 25.2. The molecule has 0 bridgehead atoms. The molecule has 0 radical (unpaired) electrons. The molecule has 0 atom stereocenters. The minimum Gasteiger partial charge on any atom is -0.508 e. The third-order valence-corrected chi connectivity index (χ3v) is 7.09. The molecule has 0 unspecified atom stereocenters. The first-order valence-corrected chi connectivity index (χ1v) is 13.3. The molecule has 0 aliphatic carbocycles. The molecule has 7 rings (SSSR count). The van der Waals surface area contributed by atoms with Crippen molar-refractivity contribution in [2.24, 2.45) is 0 Å². The number of aromatic nitrogens is 5. The van der Waals surface area contributed by atoms with E-state index in [1.807, 2.05) is 66.7 Å². The Hall–Kier alpha value is -5.83. The Balaban J connectivity index is 1.22. The number of aromatic amines is 2. The molecule has 7 aromatic rings. The van der Waals surface area contributed by atoms with Crippen LogP contribution in [0.4, 0.5) is 10.1 Å². The number of aromatic hydroxyl groups is 1. The summed E-state index contributed by atoms with van der Waals surface area (Å²) in [5.74, 6) is -0.773. The topological polar surface area (TPSA) is 120 Å². The molecule has 8 nitrogen and oxygen atoms in total. The molecular weight excluding hydrogens is 531 g/mol. The summed E-state index contributed by atoms with van der Waals surface area (Å²) in [6, 6.07) is 25.1. The van der Waals surface area contributed by atoms with E-state index in [2.05, 4.69) is 30.5 Å². The average Bonchev–Trinajstić information content (AvgIpc) is 3.61. The van der Waals surface area contributed by atoms with Crippen molar-refractivity contribution in [1.82, 2.24) is 25.1 Å². The van der Waals surface area contributed by atoms with Gasteiger partial charge in [-0.1, -0.05) is 42.5 Å². The van der Waals surface area contributed by atoms with Gasteiger partial charge in [-0.3, -0.25) is 14.9 Å². The maximum absolute atomic E-state index is 14.1. The Bertz CT molecular complexity index is 2080. The molecule has 0 spiro atoms. The fourth-order valence-electron chi connectivity index (χ4n) is 5.18. The highest BCUT2D eigenvalue weighted by atomic mass is 19.1. The van der Waals surface area contributed by atoms with Gasteiger partial charge in [-0.25, -0.2) is 9.37 Å². The lowest BCUT2D eigenvalue weighted by Crippen LogP contribution is -2.14. The molecule has 0 aliphatic heterocycles. The molecule has 0 saturated heterocycles. The normalized spacial score (nSPS) is 11.3. The van der Waals surface area contributed by atoms with Crippen molar-refractivity contribution in [3.05, 3.63) is 115 Å². The minimum atomic E-state index is -0.510. The van der Waals surface area contributed by atoms with Crippen LogP contribution >= 0.6 is 0 Å². The second-order valence-electron chi connectivity index (χ2n) is 10.0. The molecule has 4 heterocycles. The molecule has 4 N–H and O–H groups in total.